The van der Waals surface area contributed by atoms with Crippen molar-refractivity contribution in [1.82, 2.24) is 10.2 Å². The van der Waals surface area contributed by atoms with Crippen LogP contribution in [-0.4, -0.2) is 29.9 Å². The number of carbonyl (C=O) groups excluding carboxylic acids is 1. The lowest BCUT2D eigenvalue weighted by molar-refractivity contribution is 0.0934. The third-order valence-corrected chi connectivity index (χ3v) is 6.14. The monoisotopic (exact) mass is 320 g/mol. The van der Waals surface area contributed by atoms with Crippen LogP contribution in [0.15, 0.2) is 29.0 Å². The highest BCUT2D eigenvalue weighted by Gasteiger charge is 2.29. The second-order valence-corrected chi connectivity index (χ2v) is 7.41. The topological polar surface area (TPSA) is 32.3 Å². The molecule has 0 spiro atoms. The third-order valence-electron chi connectivity index (χ3n) is 4.14. The van der Waals surface area contributed by atoms with E-state index in [2.05, 4.69) is 35.5 Å². The summed E-state index contributed by atoms with van der Waals surface area (Å²) in [7, 11) is 0. The van der Waals surface area contributed by atoms with Crippen molar-refractivity contribution in [2.45, 2.75) is 32.4 Å². The minimum atomic E-state index is 0.0409. The largest absolute Gasteiger partial charge is 0.350 e. The Balaban J connectivity index is 1.57. The van der Waals surface area contributed by atoms with Gasteiger partial charge in [-0.2, -0.15) is 0 Å². The van der Waals surface area contributed by atoms with Gasteiger partial charge in [-0.05, 0) is 48.7 Å². The van der Waals surface area contributed by atoms with Crippen LogP contribution in [0.5, 0.6) is 0 Å². The van der Waals surface area contributed by atoms with E-state index < -0.39 is 0 Å². The summed E-state index contributed by atoms with van der Waals surface area (Å²) in [6.07, 6.45) is 1.11. The van der Waals surface area contributed by atoms with Gasteiger partial charge in [-0.15, -0.1) is 22.7 Å². The van der Waals surface area contributed by atoms with E-state index in [1.165, 1.54) is 21.8 Å². The molecule has 0 radical (unpaired) electrons. The molecule has 0 saturated heterocycles. The second-order valence-electron chi connectivity index (χ2n) is 5.51. The van der Waals surface area contributed by atoms with E-state index in [-0.39, 0.29) is 5.91 Å². The number of amides is 1. The molecule has 0 aliphatic carbocycles. The molecular weight excluding hydrogens is 300 g/mol. The van der Waals surface area contributed by atoms with Crippen molar-refractivity contribution in [1.29, 1.82) is 0 Å². The number of thiophene rings is 2. The van der Waals surface area contributed by atoms with E-state index in [0.717, 1.165) is 17.8 Å². The van der Waals surface area contributed by atoms with Gasteiger partial charge in [0.15, 0.2) is 0 Å². The summed E-state index contributed by atoms with van der Waals surface area (Å²) in [4.78, 5) is 16.7. The molecular formula is C16H20N2OS2. The molecule has 1 aliphatic rings. The summed E-state index contributed by atoms with van der Waals surface area (Å²) in [6, 6.07) is 7.00. The van der Waals surface area contributed by atoms with Gasteiger partial charge in [0.2, 0.25) is 0 Å². The van der Waals surface area contributed by atoms with Gasteiger partial charge in [0.05, 0.1) is 4.88 Å². The van der Waals surface area contributed by atoms with E-state index in [0.29, 0.717) is 18.6 Å². The van der Waals surface area contributed by atoms with Crippen LogP contribution in [0.3, 0.4) is 0 Å². The van der Waals surface area contributed by atoms with E-state index in [9.17, 15) is 4.79 Å². The third kappa shape index (κ3) is 3.05. The highest BCUT2D eigenvalue weighted by molar-refractivity contribution is 7.12. The van der Waals surface area contributed by atoms with Gasteiger partial charge in [-0.3, -0.25) is 9.69 Å². The van der Waals surface area contributed by atoms with Crippen LogP contribution in [0.2, 0.25) is 0 Å². The molecule has 2 atom stereocenters. The molecule has 3 rings (SSSR count). The number of nitrogens with one attached hydrogen (secondary N) is 1. The van der Waals surface area contributed by atoms with Gasteiger partial charge in [0.1, 0.15) is 0 Å². The lowest BCUT2D eigenvalue weighted by atomic mass is 9.97. The normalized spacial score (nSPS) is 22.0. The van der Waals surface area contributed by atoms with Crippen LogP contribution in [0.1, 0.15) is 40.0 Å². The Bertz CT molecular complexity index is 606. The molecule has 2 aromatic heterocycles. The first-order valence-corrected chi connectivity index (χ1v) is 9.06. The first-order chi connectivity index (χ1) is 10.2. The predicted molar refractivity (Wildman–Crippen MR) is 89.3 cm³/mol. The van der Waals surface area contributed by atoms with Gasteiger partial charge >= 0.3 is 0 Å². The first kappa shape index (κ1) is 14.8. The van der Waals surface area contributed by atoms with E-state index in [1.807, 2.05) is 28.8 Å². The molecule has 0 bridgehead atoms. The van der Waals surface area contributed by atoms with Gasteiger partial charge < -0.3 is 5.32 Å². The molecule has 5 heteroatoms. The van der Waals surface area contributed by atoms with E-state index >= 15 is 0 Å². The smallest absolute Gasteiger partial charge is 0.261 e. The Hall–Kier alpha value is -1.17. The number of carbonyl (C=O) groups is 1. The van der Waals surface area contributed by atoms with Crippen LogP contribution < -0.4 is 5.32 Å². The molecule has 0 aromatic carbocycles. The Morgan fingerprint density at radius 3 is 2.95 bits per heavy atom. The zero-order chi connectivity index (χ0) is 14.8. The summed E-state index contributed by atoms with van der Waals surface area (Å²) >= 11 is 3.34. The van der Waals surface area contributed by atoms with Crippen LogP contribution >= 0.6 is 22.7 Å². The molecule has 3 heterocycles. The average Bonchev–Trinajstić information content (AvgIpc) is 3.12. The summed E-state index contributed by atoms with van der Waals surface area (Å²) in [5.41, 5.74) is 1.50. The number of nitrogens with zero attached hydrogens (tertiary/aromatic N) is 1. The first-order valence-electron chi connectivity index (χ1n) is 7.30. The molecule has 0 saturated carbocycles. The molecule has 1 N–H and O–H groups in total. The Morgan fingerprint density at radius 2 is 2.19 bits per heavy atom. The summed E-state index contributed by atoms with van der Waals surface area (Å²) < 4.78 is 0. The maximum absolute atomic E-state index is 12.0. The molecule has 21 heavy (non-hydrogen) atoms. The van der Waals surface area contributed by atoms with Crippen molar-refractivity contribution in [3.05, 3.63) is 44.3 Å². The van der Waals surface area contributed by atoms with Crippen molar-refractivity contribution < 1.29 is 4.79 Å². The minimum Gasteiger partial charge on any atom is -0.350 e. The summed E-state index contributed by atoms with van der Waals surface area (Å²) in [5.74, 6) is 0.0409. The molecule has 3 nitrogen and oxygen atoms in total. The number of rotatable bonds is 4. The maximum atomic E-state index is 12.0. The highest BCUT2D eigenvalue weighted by atomic mass is 32.1. The Morgan fingerprint density at radius 1 is 1.33 bits per heavy atom. The maximum Gasteiger partial charge on any atom is 0.261 e. The van der Waals surface area contributed by atoms with Gasteiger partial charge in [0.25, 0.3) is 5.91 Å². The van der Waals surface area contributed by atoms with E-state index in [1.54, 1.807) is 0 Å². The zero-order valence-electron chi connectivity index (χ0n) is 12.3. The number of hydrogen-bond acceptors (Lipinski definition) is 4. The van der Waals surface area contributed by atoms with Crippen molar-refractivity contribution in [3.63, 3.8) is 0 Å². The lowest BCUT2D eigenvalue weighted by Gasteiger charge is -2.38. The lowest BCUT2D eigenvalue weighted by Crippen LogP contribution is -2.44. The van der Waals surface area contributed by atoms with Crippen LogP contribution in [0.25, 0.3) is 0 Å². The van der Waals surface area contributed by atoms with Crippen molar-refractivity contribution in [2.24, 2.45) is 0 Å². The van der Waals surface area contributed by atoms with E-state index in [4.69, 9.17) is 0 Å². The van der Waals surface area contributed by atoms with Crippen molar-refractivity contribution in [3.8, 4) is 0 Å². The summed E-state index contributed by atoms with van der Waals surface area (Å²) in [5, 5.41) is 7.15. The SMILES string of the molecule is CC1Cc2ccsc2C(C)N1CCNC(=O)c1cccs1. The quantitative estimate of drug-likeness (QED) is 0.934. The van der Waals surface area contributed by atoms with Crippen LogP contribution in [0.4, 0.5) is 0 Å². The molecule has 112 valence electrons. The van der Waals surface area contributed by atoms with Crippen LogP contribution in [0, 0.1) is 0 Å². The average molecular weight is 320 g/mol. The molecule has 0 fully saturated rings. The van der Waals surface area contributed by atoms with Gasteiger partial charge in [0, 0.05) is 30.1 Å². The highest BCUT2D eigenvalue weighted by Crippen LogP contribution is 2.35. The molecule has 2 aromatic rings. The van der Waals surface area contributed by atoms with Crippen molar-refractivity contribution >= 4 is 28.6 Å². The second kappa shape index (κ2) is 6.30. The minimum absolute atomic E-state index is 0.0409. The Labute approximate surface area is 133 Å². The van der Waals surface area contributed by atoms with Crippen LogP contribution in [-0.2, 0) is 6.42 Å². The molecule has 1 aliphatic heterocycles. The number of fused-ring (bicyclic) bond motifs is 1. The fourth-order valence-corrected chi connectivity index (χ4v) is 4.71. The van der Waals surface area contributed by atoms with Gasteiger partial charge in [-0.25, -0.2) is 0 Å². The molecule has 2 unspecified atom stereocenters. The Kier molecular flexibility index (Phi) is 4.42. The molecule has 1 amide bonds. The van der Waals surface area contributed by atoms with Crippen molar-refractivity contribution in [2.75, 3.05) is 13.1 Å². The standard InChI is InChI=1S/C16H20N2OS2/c1-11-10-13-5-9-21-15(13)12(2)18(11)7-6-17-16(19)14-4-3-8-20-14/h3-5,8-9,11-12H,6-7,10H2,1-2H3,(H,17,19). The number of hydrogen-bond donors (Lipinski definition) is 1. The van der Waals surface area contributed by atoms with Gasteiger partial charge in [-0.1, -0.05) is 6.07 Å². The fourth-order valence-electron chi connectivity index (χ4n) is 3.06. The fraction of sp³-hybridized carbons (Fsp3) is 0.438. The summed E-state index contributed by atoms with van der Waals surface area (Å²) in [6.45, 7) is 6.15. The predicted octanol–water partition coefficient (Wildman–Crippen LogP) is 3.55. The zero-order valence-corrected chi connectivity index (χ0v) is 14.0.